The Hall–Kier alpha value is -4.55. The lowest BCUT2D eigenvalue weighted by Gasteiger charge is -2.29. The SMILES string of the molecule is CC(CC(=O)O)C(=O)NCCOCCC(=O)N(C)CCN(C)C(=O)CCC(C)(C)SSCCOC(=O)O[C@@H]1[C@@H]2OP(O)(=S)OC[C@H]3O[C@@H](n4cnc5c(N)ncnc54)[C@H](OP(O)(=S)OC[C@H]2O[C@H]1n1cnc2c(N)ncnc21)[C@@H]3O. The molecule has 442 valence electrons. The summed E-state index contributed by atoms with van der Waals surface area (Å²) in [5.74, 6) is -2.06. The van der Waals surface area contributed by atoms with Crippen LogP contribution in [0.2, 0.25) is 0 Å². The first-order chi connectivity index (χ1) is 37.8. The number of aliphatic hydroxyl groups is 1. The molecule has 4 aromatic rings. The normalized spacial score (nSPS) is 26.6. The number of aliphatic carboxylic acids is 1. The predicted octanol–water partition coefficient (Wildman–Crippen LogP) is 1.25. The van der Waals surface area contributed by atoms with Gasteiger partial charge >= 0.3 is 25.6 Å². The Balaban J connectivity index is 0.905. The lowest BCUT2D eigenvalue weighted by molar-refractivity contribution is -0.140. The number of aliphatic hydroxyl groups excluding tert-OH is 1. The minimum atomic E-state index is -4.41. The summed E-state index contributed by atoms with van der Waals surface area (Å²) in [6.07, 6.45) is -6.98. The number of fused-ring (bicyclic) bond motifs is 5. The topological polar surface area (TPSA) is 407 Å². The number of amides is 3. The molecule has 0 aromatic carbocycles. The van der Waals surface area contributed by atoms with Crippen molar-refractivity contribution in [3.05, 3.63) is 25.3 Å². The van der Waals surface area contributed by atoms with Gasteiger partial charge in [-0.1, -0.05) is 28.5 Å². The van der Waals surface area contributed by atoms with E-state index in [4.69, 9.17) is 82.0 Å². The highest BCUT2D eigenvalue weighted by molar-refractivity contribution is 8.77. The number of carboxylic acid groups (broad SMARTS) is 1. The highest BCUT2D eigenvalue weighted by atomic mass is 33.1. The standard InChI is InChI=1S/C43H63N13O18P2S4/c1-23(16-28(59)60)39(62)46-9-13-66-12-7-27(58)54(5)11-10-53(4)26(57)6-8-43(2,3)80-79-15-14-67-42(63)72-34-32-25(71-41(34)56-22-52-30-36(45)48-20-50-38(30)56)18-69-76(65,78)74-33-31(61)24(17-68-75(64,77)73-32)70-40(33)55-21-51-29-35(44)47-19-49-37(29)55/h19-25,31-34,40-41,61H,6-18H2,1-5H3,(H,46,62)(H,59,60)(H,64,77)(H,65,78)(H2,44,47,49)(H2,45,48,50)/t23?,24-,25-,31-,32-,33-,34-,40-,41-,75?,76?/m1/s1. The molecule has 0 radical (unpaired) electrons. The first kappa shape index (κ1) is 63.0. The number of ether oxygens (including phenoxy) is 5. The Morgan fingerprint density at radius 1 is 0.838 bits per heavy atom. The van der Waals surface area contributed by atoms with Crippen LogP contribution < -0.4 is 16.8 Å². The largest absolute Gasteiger partial charge is 0.508 e. The number of carboxylic acids is 1. The van der Waals surface area contributed by atoms with Crippen molar-refractivity contribution in [2.75, 3.05) is 84.0 Å². The molecule has 4 aromatic heterocycles. The molecule has 37 heteroatoms. The number of rotatable bonds is 23. The van der Waals surface area contributed by atoms with Crippen molar-refractivity contribution < 1.29 is 85.8 Å². The van der Waals surface area contributed by atoms with Crippen molar-refractivity contribution in [3.63, 3.8) is 0 Å². The van der Waals surface area contributed by atoms with E-state index in [0.717, 1.165) is 0 Å². The van der Waals surface area contributed by atoms with E-state index in [9.17, 15) is 38.9 Å². The van der Waals surface area contributed by atoms with Crippen LogP contribution in [0.3, 0.4) is 0 Å². The van der Waals surface area contributed by atoms with E-state index in [1.807, 2.05) is 13.8 Å². The molecule has 2 bridgehead atoms. The van der Waals surface area contributed by atoms with Gasteiger partial charge in [-0.2, -0.15) is 0 Å². The lowest BCUT2D eigenvalue weighted by atomic mass is 10.1. The number of nitrogens with two attached hydrogens (primary N) is 2. The fourth-order valence-electron chi connectivity index (χ4n) is 8.25. The number of carbonyl (C=O) groups is 5. The summed E-state index contributed by atoms with van der Waals surface area (Å²) < 4.78 is 55.3. The van der Waals surface area contributed by atoms with Crippen molar-refractivity contribution >= 4 is 122 Å². The van der Waals surface area contributed by atoms with Crippen LogP contribution in [0.25, 0.3) is 22.3 Å². The smallest absolute Gasteiger partial charge is 0.481 e. The zero-order valence-electron chi connectivity index (χ0n) is 43.9. The average molecular weight is 1240 g/mol. The van der Waals surface area contributed by atoms with E-state index in [2.05, 4.69) is 35.2 Å². The van der Waals surface area contributed by atoms with Gasteiger partial charge in [0.15, 0.2) is 41.5 Å². The van der Waals surface area contributed by atoms with Crippen LogP contribution in [-0.2, 0) is 84.6 Å². The monoisotopic (exact) mass is 1240 g/mol. The second kappa shape index (κ2) is 27.7. The zero-order chi connectivity index (χ0) is 58.1. The summed E-state index contributed by atoms with van der Waals surface area (Å²) in [6.45, 7) is -3.62. The zero-order valence-corrected chi connectivity index (χ0v) is 48.9. The third kappa shape index (κ3) is 16.6. The molecule has 9 N–H and O–H groups in total. The molecule has 3 fully saturated rings. The number of hydrogen-bond acceptors (Lipinski definition) is 27. The van der Waals surface area contributed by atoms with Crippen molar-refractivity contribution in [2.24, 2.45) is 5.92 Å². The van der Waals surface area contributed by atoms with Crippen molar-refractivity contribution in [1.29, 1.82) is 0 Å². The van der Waals surface area contributed by atoms with Gasteiger partial charge in [0.1, 0.15) is 60.8 Å². The van der Waals surface area contributed by atoms with E-state index < -0.39 is 104 Å². The lowest BCUT2D eigenvalue weighted by Crippen LogP contribution is -2.39. The van der Waals surface area contributed by atoms with Gasteiger partial charge in [0.25, 0.3) is 0 Å². The van der Waals surface area contributed by atoms with Crippen molar-refractivity contribution in [2.45, 2.75) is 100 Å². The van der Waals surface area contributed by atoms with Gasteiger partial charge in [-0.15, -0.1) is 0 Å². The first-order valence-corrected chi connectivity index (χ1v) is 32.2. The third-order valence-corrected chi connectivity index (χ3v) is 19.1. The maximum Gasteiger partial charge on any atom is 0.508 e. The Morgan fingerprint density at radius 2 is 1.40 bits per heavy atom. The summed E-state index contributed by atoms with van der Waals surface area (Å²) in [4.78, 5) is 113. The Kier molecular flexibility index (Phi) is 21.8. The predicted molar refractivity (Wildman–Crippen MR) is 293 cm³/mol. The molecule has 11 atom stereocenters. The molecule has 3 aliphatic heterocycles. The fraction of sp³-hybridized carbons (Fsp3) is 0.651. The number of nitrogens with zero attached hydrogens (tertiary/aromatic N) is 10. The molecule has 7 rings (SSSR count). The van der Waals surface area contributed by atoms with Gasteiger partial charge in [-0.25, -0.2) is 34.7 Å². The number of aromatic nitrogens is 8. The number of hydrogen-bond donors (Lipinski definition) is 7. The van der Waals surface area contributed by atoms with Gasteiger partial charge in [0.2, 0.25) is 17.7 Å². The van der Waals surface area contributed by atoms with Crippen LogP contribution >= 0.6 is 35.0 Å². The summed E-state index contributed by atoms with van der Waals surface area (Å²) in [5.41, 5.74) is 12.8. The summed E-state index contributed by atoms with van der Waals surface area (Å²) in [5, 5.41) is 22.9. The van der Waals surface area contributed by atoms with E-state index in [-0.39, 0.29) is 91.4 Å². The Labute approximate surface area is 475 Å². The molecule has 3 unspecified atom stereocenters. The number of carbonyl (C=O) groups excluding carboxylic acids is 4. The fourth-order valence-corrected chi connectivity index (χ4v) is 13.5. The molecule has 80 heavy (non-hydrogen) atoms. The number of likely N-dealkylation sites (N-methyl/N-ethyl adjacent to an activating group) is 2. The van der Waals surface area contributed by atoms with Crippen molar-refractivity contribution in [1.82, 2.24) is 54.2 Å². The van der Waals surface area contributed by atoms with Gasteiger partial charge in [-0.05, 0) is 43.9 Å². The second-order valence-electron chi connectivity index (χ2n) is 19.1. The number of imidazole rings is 2. The Bertz CT molecular complexity index is 2950. The maximum atomic E-state index is 13.6. The van der Waals surface area contributed by atoms with E-state index >= 15 is 0 Å². The molecule has 3 saturated heterocycles. The van der Waals surface area contributed by atoms with Gasteiger partial charge in [0.05, 0.1) is 51.9 Å². The van der Waals surface area contributed by atoms with Crippen LogP contribution in [0.1, 0.15) is 58.9 Å². The molecule has 7 heterocycles. The Morgan fingerprint density at radius 3 is 2.01 bits per heavy atom. The summed E-state index contributed by atoms with van der Waals surface area (Å²) in [7, 11) is 6.17. The molecule has 0 saturated carbocycles. The highest BCUT2D eigenvalue weighted by Gasteiger charge is 2.54. The molecule has 3 aliphatic rings. The van der Waals surface area contributed by atoms with E-state index in [1.165, 1.54) is 67.9 Å². The molecule has 0 spiro atoms. The van der Waals surface area contributed by atoms with E-state index in [1.54, 1.807) is 19.0 Å². The molecule has 0 aliphatic carbocycles. The van der Waals surface area contributed by atoms with E-state index in [0.29, 0.717) is 25.3 Å². The first-order valence-electron chi connectivity index (χ1n) is 24.7. The second-order valence-corrected chi connectivity index (χ2v) is 27.8. The quantitative estimate of drug-likeness (QED) is 0.0238. The van der Waals surface area contributed by atoms with Gasteiger partial charge in [-0.3, -0.25) is 37.4 Å². The molecule has 3 amide bonds. The van der Waals surface area contributed by atoms with Crippen LogP contribution in [0, 0.1) is 5.92 Å². The number of anilines is 2. The summed E-state index contributed by atoms with van der Waals surface area (Å²) in [6, 6.07) is 0. The molecular weight excluding hydrogens is 1180 g/mol. The van der Waals surface area contributed by atoms with Gasteiger partial charge < -0.3 is 79.3 Å². The average Bonchev–Trinajstić information content (AvgIpc) is 4.18. The maximum absolute atomic E-state index is 13.6. The summed E-state index contributed by atoms with van der Waals surface area (Å²) >= 11 is 10.9. The minimum Gasteiger partial charge on any atom is -0.481 e. The van der Waals surface area contributed by atoms with Crippen LogP contribution in [-0.4, -0.2) is 213 Å². The molecular formula is C43H63N13O18P2S4. The van der Waals surface area contributed by atoms with Crippen LogP contribution in [0.4, 0.5) is 16.4 Å². The van der Waals surface area contributed by atoms with Crippen LogP contribution in [0.5, 0.6) is 0 Å². The van der Waals surface area contributed by atoms with Crippen molar-refractivity contribution in [3.8, 4) is 0 Å². The van der Waals surface area contributed by atoms with Crippen LogP contribution in [0.15, 0.2) is 25.3 Å². The molecule has 31 nitrogen and oxygen atoms in total. The number of nitrogen functional groups attached to an aromatic ring is 2. The number of nitrogens with one attached hydrogen (secondary N) is 1. The minimum absolute atomic E-state index is 0.0264. The third-order valence-electron chi connectivity index (χ3n) is 12.6. The highest BCUT2D eigenvalue weighted by Crippen LogP contribution is 2.54. The van der Waals surface area contributed by atoms with Gasteiger partial charge in [0, 0.05) is 56.6 Å².